The molecule has 0 spiro atoms. The zero-order valence-corrected chi connectivity index (χ0v) is 9.69. The Morgan fingerprint density at radius 2 is 2.17 bits per heavy atom. The van der Waals surface area contributed by atoms with Gasteiger partial charge in [0.15, 0.2) is 0 Å². The van der Waals surface area contributed by atoms with Gasteiger partial charge in [-0.2, -0.15) is 8.78 Å². The van der Waals surface area contributed by atoms with E-state index in [0.717, 1.165) is 0 Å². The van der Waals surface area contributed by atoms with Crippen molar-refractivity contribution < 1.29 is 27.8 Å². The van der Waals surface area contributed by atoms with Crippen LogP contribution in [0.1, 0.15) is 22.3 Å². The zero-order valence-electron chi connectivity index (χ0n) is 9.69. The molecule has 0 aliphatic rings. The zero-order chi connectivity index (χ0) is 13.5. The van der Waals surface area contributed by atoms with Gasteiger partial charge < -0.3 is 14.3 Å². The fraction of sp³-hybridized carbons (Fsp3) is 0.333. The number of esters is 1. The topological polar surface area (TPSA) is 52.6 Å². The van der Waals surface area contributed by atoms with Gasteiger partial charge in [-0.15, -0.1) is 0 Å². The van der Waals surface area contributed by atoms with Gasteiger partial charge in [-0.3, -0.25) is 0 Å². The standard InChI is InChI=1S/C12H12F2O4/c1-17-11(16)9-4-5-10(18-12(13)14)8(7-9)3-2-6-15/h4-7,12H,2-3H2,1H3. The third-order valence-corrected chi connectivity index (χ3v) is 2.23. The van der Waals surface area contributed by atoms with Crippen LogP contribution in [0.25, 0.3) is 0 Å². The lowest BCUT2D eigenvalue weighted by Crippen LogP contribution is -2.07. The van der Waals surface area contributed by atoms with Crippen LogP contribution in [0, 0.1) is 0 Å². The van der Waals surface area contributed by atoms with Crippen LogP contribution < -0.4 is 4.74 Å². The number of rotatable bonds is 6. The van der Waals surface area contributed by atoms with Crippen molar-refractivity contribution in [3.8, 4) is 5.75 Å². The van der Waals surface area contributed by atoms with Crippen molar-refractivity contribution in [1.82, 2.24) is 0 Å². The predicted molar refractivity (Wildman–Crippen MR) is 58.8 cm³/mol. The van der Waals surface area contributed by atoms with Gasteiger partial charge in [-0.05, 0) is 30.2 Å². The van der Waals surface area contributed by atoms with Crippen molar-refractivity contribution in [2.24, 2.45) is 0 Å². The second kappa shape index (κ2) is 6.68. The van der Waals surface area contributed by atoms with E-state index in [2.05, 4.69) is 9.47 Å². The summed E-state index contributed by atoms with van der Waals surface area (Å²) in [7, 11) is 1.22. The van der Waals surface area contributed by atoms with Crippen LogP contribution in [-0.4, -0.2) is 26.0 Å². The van der Waals surface area contributed by atoms with Crippen molar-refractivity contribution in [2.45, 2.75) is 19.5 Å². The molecule has 6 heteroatoms. The summed E-state index contributed by atoms with van der Waals surface area (Å²) in [4.78, 5) is 21.6. The molecule has 0 heterocycles. The van der Waals surface area contributed by atoms with Gasteiger partial charge in [0, 0.05) is 6.42 Å². The molecule has 0 saturated heterocycles. The molecular weight excluding hydrogens is 246 g/mol. The SMILES string of the molecule is COC(=O)c1ccc(OC(F)F)c(CCC=O)c1. The number of aryl methyl sites for hydroxylation is 1. The molecule has 0 atom stereocenters. The molecule has 0 bridgehead atoms. The smallest absolute Gasteiger partial charge is 0.387 e. The van der Waals surface area contributed by atoms with E-state index in [4.69, 9.17) is 0 Å². The third-order valence-electron chi connectivity index (χ3n) is 2.23. The molecule has 0 amide bonds. The molecule has 1 rings (SSSR count). The van der Waals surface area contributed by atoms with E-state index < -0.39 is 12.6 Å². The van der Waals surface area contributed by atoms with Gasteiger partial charge in [0.1, 0.15) is 12.0 Å². The Morgan fingerprint density at radius 1 is 1.44 bits per heavy atom. The van der Waals surface area contributed by atoms with Crippen LogP contribution in [0.5, 0.6) is 5.75 Å². The first-order valence-electron chi connectivity index (χ1n) is 5.18. The van der Waals surface area contributed by atoms with Crippen LogP contribution in [0.2, 0.25) is 0 Å². The number of aldehydes is 1. The molecule has 0 aromatic heterocycles. The summed E-state index contributed by atoms with van der Waals surface area (Å²) >= 11 is 0. The highest BCUT2D eigenvalue weighted by Gasteiger charge is 2.13. The van der Waals surface area contributed by atoms with Gasteiger partial charge in [-0.1, -0.05) is 0 Å². The summed E-state index contributed by atoms with van der Waals surface area (Å²) in [6, 6.07) is 3.97. The number of halogens is 2. The van der Waals surface area contributed by atoms with Crippen molar-refractivity contribution in [3.63, 3.8) is 0 Å². The van der Waals surface area contributed by atoms with E-state index in [1.54, 1.807) is 0 Å². The summed E-state index contributed by atoms with van der Waals surface area (Å²) in [6.45, 7) is -2.95. The van der Waals surface area contributed by atoms with E-state index in [1.807, 2.05) is 0 Å². The maximum absolute atomic E-state index is 12.2. The highest BCUT2D eigenvalue weighted by atomic mass is 19.3. The minimum atomic E-state index is -2.95. The fourth-order valence-electron chi connectivity index (χ4n) is 1.45. The van der Waals surface area contributed by atoms with Crippen molar-refractivity contribution in [3.05, 3.63) is 29.3 Å². The van der Waals surface area contributed by atoms with E-state index >= 15 is 0 Å². The summed E-state index contributed by atoms with van der Waals surface area (Å²) in [5.74, 6) is -0.620. The molecule has 0 fully saturated rings. The number of carbonyl (C=O) groups excluding carboxylic acids is 2. The van der Waals surface area contributed by atoms with E-state index in [9.17, 15) is 18.4 Å². The van der Waals surface area contributed by atoms with Crippen molar-refractivity contribution in [1.29, 1.82) is 0 Å². The minimum Gasteiger partial charge on any atom is -0.465 e. The van der Waals surface area contributed by atoms with Crippen LogP contribution in [-0.2, 0) is 16.0 Å². The highest BCUT2D eigenvalue weighted by Crippen LogP contribution is 2.23. The monoisotopic (exact) mass is 258 g/mol. The molecule has 0 unspecified atom stereocenters. The number of hydrogen-bond donors (Lipinski definition) is 0. The average molecular weight is 258 g/mol. The minimum absolute atomic E-state index is 0.0421. The molecule has 98 valence electrons. The second-order valence-corrected chi connectivity index (χ2v) is 3.40. The maximum atomic E-state index is 12.2. The normalized spacial score (nSPS) is 10.2. The molecule has 0 N–H and O–H groups in total. The Labute approximate surface area is 103 Å². The predicted octanol–water partition coefficient (Wildman–Crippen LogP) is 2.21. The number of benzene rings is 1. The van der Waals surface area contributed by atoms with Gasteiger partial charge >= 0.3 is 12.6 Å². The Morgan fingerprint density at radius 3 is 2.72 bits per heavy atom. The number of hydrogen-bond acceptors (Lipinski definition) is 4. The largest absolute Gasteiger partial charge is 0.465 e. The molecule has 4 nitrogen and oxygen atoms in total. The maximum Gasteiger partial charge on any atom is 0.387 e. The molecule has 1 aromatic carbocycles. The molecule has 0 saturated carbocycles. The molecule has 18 heavy (non-hydrogen) atoms. The van der Waals surface area contributed by atoms with Gasteiger partial charge in [0.2, 0.25) is 0 Å². The quantitative estimate of drug-likeness (QED) is 0.580. The van der Waals surface area contributed by atoms with Crippen LogP contribution in [0.15, 0.2) is 18.2 Å². The lowest BCUT2D eigenvalue weighted by atomic mass is 10.1. The Balaban J connectivity index is 3.02. The van der Waals surface area contributed by atoms with Gasteiger partial charge in [0.25, 0.3) is 0 Å². The lowest BCUT2D eigenvalue weighted by Gasteiger charge is -2.11. The van der Waals surface area contributed by atoms with Gasteiger partial charge in [-0.25, -0.2) is 4.79 Å². The summed E-state index contributed by atoms with van der Waals surface area (Å²) < 4.78 is 33.2. The molecule has 1 aromatic rings. The number of methoxy groups -OCH3 is 1. The summed E-state index contributed by atoms with van der Waals surface area (Å²) in [5, 5.41) is 0. The number of ether oxygens (including phenoxy) is 2. The molecule has 0 aliphatic carbocycles. The number of carbonyl (C=O) groups is 2. The summed E-state index contributed by atoms with van der Waals surface area (Å²) in [6.07, 6.45) is 1.04. The molecule has 0 aliphatic heterocycles. The highest BCUT2D eigenvalue weighted by molar-refractivity contribution is 5.89. The Kier molecular flexibility index (Phi) is 5.23. The van der Waals surface area contributed by atoms with Gasteiger partial charge in [0.05, 0.1) is 12.7 Å². The lowest BCUT2D eigenvalue weighted by molar-refractivity contribution is -0.107. The summed E-state index contributed by atoms with van der Waals surface area (Å²) in [5.41, 5.74) is 0.588. The van der Waals surface area contributed by atoms with E-state index in [0.29, 0.717) is 11.8 Å². The molecular formula is C12H12F2O4. The number of alkyl halides is 2. The first kappa shape index (κ1) is 14.1. The first-order valence-corrected chi connectivity index (χ1v) is 5.18. The Hall–Kier alpha value is -1.98. The third kappa shape index (κ3) is 3.80. The van der Waals surface area contributed by atoms with Crippen molar-refractivity contribution in [2.75, 3.05) is 7.11 Å². The fourth-order valence-corrected chi connectivity index (χ4v) is 1.45. The van der Waals surface area contributed by atoms with E-state index in [-0.39, 0.29) is 24.2 Å². The van der Waals surface area contributed by atoms with Crippen molar-refractivity contribution >= 4 is 12.3 Å². The molecule has 0 radical (unpaired) electrons. The van der Waals surface area contributed by atoms with E-state index in [1.165, 1.54) is 25.3 Å². The average Bonchev–Trinajstić information content (AvgIpc) is 2.36. The Bertz CT molecular complexity index is 432. The second-order valence-electron chi connectivity index (χ2n) is 3.40. The van der Waals surface area contributed by atoms with Crippen LogP contribution >= 0.6 is 0 Å². The van der Waals surface area contributed by atoms with Crippen LogP contribution in [0.4, 0.5) is 8.78 Å². The van der Waals surface area contributed by atoms with Crippen LogP contribution in [0.3, 0.4) is 0 Å². The first-order chi connectivity index (χ1) is 8.58.